The van der Waals surface area contributed by atoms with Crippen molar-refractivity contribution in [3.63, 3.8) is 0 Å². The number of hydroxylamine groups is 1. The summed E-state index contributed by atoms with van der Waals surface area (Å²) in [6.45, 7) is 7.63. The Morgan fingerprint density at radius 2 is 1.73 bits per heavy atom. The van der Waals surface area contributed by atoms with Crippen LogP contribution < -0.4 is 10.1 Å². The fraction of sp³-hybridized carbons (Fsp3) is 0.381. The lowest BCUT2D eigenvalue weighted by molar-refractivity contribution is -0.0258. The topological polar surface area (TPSA) is 88.2 Å². The fourth-order valence-corrected chi connectivity index (χ4v) is 3.73. The molecule has 1 amide bonds. The van der Waals surface area contributed by atoms with Gasteiger partial charge in [0.1, 0.15) is 12.4 Å². The number of likely N-dealkylation sites (N-methyl/N-ethyl adjacent to an activating group) is 1. The summed E-state index contributed by atoms with van der Waals surface area (Å²) in [7, 11) is -1.29. The predicted octanol–water partition coefficient (Wildman–Crippen LogP) is 2.84. The Morgan fingerprint density at radius 3 is 2.33 bits per heavy atom. The minimum Gasteiger partial charge on any atom is -0.492 e. The van der Waals surface area contributed by atoms with Gasteiger partial charge in [-0.3, -0.25) is 9.63 Å². The summed E-state index contributed by atoms with van der Waals surface area (Å²) < 4.78 is 31.2. The van der Waals surface area contributed by atoms with E-state index >= 15 is 0 Å². The minimum atomic E-state index is -3.83. The Labute approximate surface area is 178 Å². The Bertz CT molecular complexity index is 928. The second-order valence-electron chi connectivity index (χ2n) is 6.48. The van der Waals surface area contributed by atoms with Crippen LogP contribution in [0.25, 0.3) is 0 Å². The molecule has 0 saturated carbocycles. The summed E-state index contributed by atoms with van der Waals surface area (Å²) in [6.07, 6.45) is 0. The van der Waals surface area contributed by atoms with Gasteiger partial charge in [-0.15, -0.1) is 0 Å². The highest BCUT2D eigenvalue weighted by Gasteiger charge is 2.22. The van der Waals surface area contributed by atoms with Gasteiger partial charge in [0.2, 0.25) is 0 Å². The van der Waals surface area contributed by atoms with Gasteiger partial charge in [-0.2, -0.15) is 0 Å². The number of anilines is 1. The van der Waals surface area contributed by atoms with Crippen LogP contribution >= 0.6 is 0 Å². The van der Waals surface area contributed by atoms with Crippen molar-refractivity contribution < 1.29 is 22.8 Å². The van der Waals surface area contributed by atoms with Crippen LogP contribution in [0.2, 0.25) is 0 Å². The highest BCUT2D eigenvalue weighted by molar-refractivity contribution is 7.89. The monoisotopic (exact) mass is 435 g/mol. The summed E-state index contributed by atoms with van der Waals surface area (Å²) >= 11 is 0. The van der Waals surface area contributed by atoms with E-state index in [9.17, 15) is 13.2 Å². The highest BCUT2D eigenvalue weighted by Crippen LogP contribution is 2.19. The molecule has 0 heterocycles. The molecule has 0 aliphatic rings. The van der Waals surface area contributed by atoms with E-state index in [4.69, 9.17) is 9.57 Å². The van der Waals surface area contributed by atoms with E-state index in [0.29, 0.717) is 12.3 Å². The molecule has 0 radical (unpaired) electrons. The lowest BCUT2D eigenvalue weighted by Gasteiger charge is -2.18. The van der Waals surface area contributed by atoms with Crippen LogP contribution in [0.15, 0.2) is 53.4 Å². The van der Waals surface area contributed by atoms with Gasteiger partial charge in [-0.1, -0.05) is 24.4 Å². The van der Waals surface area contributed by atoms with Gasteiger partial charge in [0.15, 0.2) is 0 Å². The smallest absolute Gasteiger partial charge is 0.264 e. The zero-order valence-corrected chi connectivity index (χ0v) is 18.6. The summed E-state index contributed by atoms with van der Waals surface area (Å²) in [4.78, 5) is 19.5. The third kappa shape index (κ3) is 6.27. The van der Waals surface area contributed by atoms with E-state index in [1.54, 1.807) is 30.3 Å². The third-order valence-corrected chi connectivity index (χ3v) is 6.35. The van der Waals surface area contributed by atoms with Gasteiger partial charge in [0, 0.05) is 24.8 Å². The Balaban J connectivity index is 2.00. The second-order valence-corrected chi connectivity index (χ2v) is 8.41. The van der Waals surface area contributed by atoms with Crippen molar-refractivity contribution in [1.29, 1.82) is 0 Å². The molecular formula is C21H29N3O5S. The molecule has 30 heavy (non-hydrogen) atoms. The first-order valence-corrected chi connectivity index (χ1v) is 11.2. The van der Waals surface area contributed by atoms with E-state index in [0.717, 1.165) is 29.9 Å². The van der Waals surface area contributed by atoms with Crippen LogP contribution in [0.5, 0.6) is 5.75 Å². The molecule has 0 aromatic heterocycles. The second kappa shape index (κ2) is 11.1. The first kappa shape index (κ1) is 23.8. The van der Waals surface area contributed by atoms with Crippen molar-refractivity contribution in [1.82, 2.24) is 9.37 Å². The van der Waals surface area contributed by atoms with Gasteiger partial charge < -0.3 is 15.0 Å². The molecule has 8 nitrogen and oxygen atoms in total. The summed E-state index contributed by atoms with van der Waals surface area (Å²) in [5.74, 6) is 0.304. The zero-order valence-electron chi connectivity index (χ0n) is 17.8. The van der Waals surface area contributed by atoms with E-state index < -0.39 is 15.9 Å². The number of benzene rings is 2. The van der Waals surface area contributed by atoms with Crippen molar-refractivity contribution in [3.05, 3.63) is 54.1 Å². The van der Waals surface area contributed by atoms with Gasteiger partial charge in [-0.05, 0) is 55.6 Å². The molecular weight excluding hydrogens is 406 g/mol. The van der Waals surface area contributed by atoms with Crippen molar-refractivity contribution in [3.8, 4) is 5.75 Å². The molecule has 0 aliphatic carbocycles. The van der Waals surface area contributed by atoms with Crippen LogP contribution in [-0.2, 0) is 14.9 Å². The molecule has 0 saturated heterocycles. The molecule has 0 spiro atoms. The number of ether oxygens (including phenoxy) is 1. The number of nitrogens with zero attached hydrogens (tertiary/aromatic N) is 2. The number of carbonyl (C=O) groups excluding carboxylic acids is 1. The maximum Gasteiger partial charge on any atom is 0.264 e. The van der Waals surface area contributed by atoms with E-state index in [1.807, 2.05) is 0 Å². The molecule has 2 aromatic rings. The number of sulfonamides is 1. The van der Waals surface area contributed by atoms with Gasteiger partial charge in [0.25, 0.3) is 15.9 Å². The molecule has 0 aliphatic heterocycles. The first-order chi connectivity index (χ1) is 14.3. The zero-order chi connectivity index (χ0) is 22.1. The minimum absolute atomic E-state index is 0.0311. The van der Waals surface area contributed by atoms with Crippen molar-refractivity contribution in [2.45, 2.75) is 18.7 Å². The summed E-state index contributed by atoms with van der Waals surface area (Å²) in [6, 6.07) is 12.8. The number of rotatable bonds is 11. The number of carbonyl (C=O) groups is 1. The quantitative estimate of drug-likeness (QED) is 0.546. The molecule has 0 bridgehead atoms. The molecule has 1 N–H and O–H groups in total. The lowest BCUT2D eigenvalue weighted by Crippen LogP contribution is -2.27. The van der Waals surface area contributed by atoms with Gasteiger partial charge in [0.05, 0.1) is 12.0 Å². The SMILES string of the molecule is CCN(CC)CCOc1ccc(NC(=O)c2cccc(S(=O)(=O)N(C)OC)c2)cc1. The van der Waals surface area contributed by atoms with E-state index in [2.05, 4.69) is 24.1 Å². The first-order valence-electron chi connectivity index (χ1n) is 9.71. The average Bonchev–Trinajstić information content (AvgIpc) is 2.77. The number of amides is 1. The van der Waals surface area contributed by atoms with Crippen LogP contribution in [0.4, 0.5) is 5.69 Å². The fourth-order valence-electron chi connectivity index (χ4n) is 2.71. The molecule has 2 aromatic carbocycles. The van der Waals surface area contributed by atoms with Crippen molar-refractivity contribution >= 4 is 21.6 Å². The number of hydrogen-bond acceptors (Lipinski definition) is 6. The van der Waals surface area contributed by atoms with Crippen LogP contribution in [0.1, 0.15) is 24.2 Å². The molecule has 0 unspecified atom stereocenters. The number of hydrogen-bond donors (Lipinski definition) is 1. The van der Waals surface area contributed by atoms with E-state index in [1.165, 1.54) is 32.4 Å². The Morgan fingerprint density at radius 1 is 1.07 bits per heavy atom. The predicted molar refractivity (Wildman–Crippen MR) is 116 cm³/mol. The average molecular weight is 436 g/mol. The molecule has 9 heteroatoms. The highest BCUT2D eigenvalue weighted by atomic mass is 32.2. The Hall–Kier alpha value is -2.46. The van der Waals surface area contributed by atoms with Crippen molar-refractivity contribution in [2.75, 3.05) is 45.7 Å². The normalized spacial score (nSPS) is 11.7. The standard InChI is InChI=1S/C21H29N3O5S/c1-5-24(6-2)14-15-29-19-12-10-18(11-13-19)22-21(25)17-8-7-9-20(16-17)30(26,27)23(3)28-4/h7-13,16H,5-6,14-15H2,1-4H3,(H,22,25). The maximum absolute atomic E-state index is 12.5. The third-order valence-electron chi connectivity index (χ3n) is 4.67. The van der Waals surface area contributed by atoms with Crippen molar-refractivity contribution in [2.24, 2.45) is 0 Å². The van der Waals surface area contributed by atoms with Gasteiger partial charge in [-0.25, -0.2) is 8.42 Å². The molecule has 164 valence electrons. The Kier molecular flexibility index (Phi) is 8.79. The van der Waals surface area contributed by atoms with Crippen LogP contribution in [0, 0.1) is 0 Å². The summed E-state index contributed by atoms with van der Waals surface area (Å²) in [5.41, 5.74) is 0.804. The molecule has 0 fully saturated rings. The van der Waals surface area contributed by atoms with Crippen LogP contribution in [-0.4, -0.2) is 64.1 Å². The maximum atomic E-state index is 12.5. The molecule has 2 rings (SSSR count). The lowest BCUT2D eigenvalue weighted by atomic mass is 10.2. The van der Waals surface area contributed by atoms with Crippen LogP contribution in [0.3, 0.4) is 0 Å². The van der Waals surface area contributed by atoms with E-state index in [-0.39, 0.29) is 10.5 Å². The molecule has 0 atom stereocenters. The largest absolute Gasteiger partial charge is 0.492 e. The summed E-state index contributed by atoms with van der Waals surface area (Å²) in [5, 5.41) is 2.76. The number of nitrogens with one attached hydrogen (secondary N) is 1. The van der Waals surface area contributed by atoms with Gasteiger partial charge >= 0.3 is 0 Å².